The van der Waals surface area contributed by atoms with Crippen LogP contribution in [-0.4, -0.2) is 53.6 Å². The van der Waals surface area contributed by atoms with Gasteiger partial charge in [-0.1, -0.05) is 17.7 Å². The topological polar surface area (TPSA) is 105 Å². The smallest absolute Gasteiger partial charge is 0.236 e. The molecular formula is C21H22ClFN6O2. The quantitative estimate of drug-likeness (QED) is 0.536. The van der Waals surface area contributed by atoms with Crippen molar-refractivity contribution < 1.29 is 13.9 Å². The molecule has 10 heteroatoms. The number of piperazine rings is 1. The maximum atomic E-state index is 14.4. The van der Waals surface area contributed by atoms with E-state index in [1.165, 1.54) is 12.4 Å². The molecule has 1 saturated heterocycles. The summed E-state index contributed by atoms with van der Waals surface area (Å²) in [4.78, 5) is 22.5. The van der Waals surface area contributed by atoms with E-state index in [1.807, 2.05) is 11.0 Å². The molecule has 3 aromatic rings. The summed E-state index contributed by atoms with van der Waals surface area (Å²) in [5.74, 6) is 0.124. The minimum Gasteiger partial charge on any atom is -0.496 e. The van der Waals surface area contributed by atoms with Gasteiger partial charge in [0.25, 0.3) is 0 Å². The molecule has 8 nitrogen and oxygen atoms in total. The summed E-state index contributed by atoms with van der Waals surface area (Å²) in [5.41, 5.74) is 7.26. The summed E-state index contributed by atoms with van der Waals surface area (Å²) in [6.07, 6.45) is 1.39. The van der Waals surface area contributed by atoms with Crippen LogP contribution in [0, 0.1) is 5.82 Å². The Balaban J connectivity index is 1.73. The Kier molecular flexibility index (Phi) is 6.17. The van der Waals surface area contributed by atoms with Gasteiger partial charge in [0.15, 0.2) is 5.82 Å². The molecule has 2 heterocycles. The number of methoxy groups -OCH3 is 1. The first-order valence-electron chi connectivity index (χ1n) is 9.74. The van der Waals surface area contributed by atoms with Gasteiger partial charge in [0, 0.05) is 43.2 Å². The summed E-state index contributed by atoms with van der Waals surface area (Å²) in [7, 11) is 1.58. The van der Waals surface area contributed by atoms with Gasteiger partial charge in [-0.25, -0.2) is 14.4 Å². The van der Waals surface area contributed by atoms with Crippen LogP contribution in [-0.2, 0) is 11.3 Å². The standard InChI is InChI=1S/C21H22ClFN6O2/c1-31-18-8-16-13(7-12(18)10-29-6-5-25-9-17(29)20(24)30)21(27-11-26-16)28-15-4-2-3-14(22)19(15)23/h2-4,7-8,11,17,25H,5-6,9-10H2,1H3,(H2,24,30)(H,26,27,28). The number of anilines is 2. The zero-order valence-electron chi connectivity index (χ0n) is 16.9. The normalized spacial score (nSPS) is 16.9. The number of hydrogen-bond acceptors (Lipinski definition) is 7. The van der Waals surface area contributed by atoms with Crippen LogP contribution in [0.15, 0.2) is 36.7 Å². The third-order valence-corrected chi connectivity index (χ3v) is 5.59. The van der Waals surface area contributed by atoms with E-state index >= 15 is 0 Å². The summed E-state index contributed by atoms with van der Waals surface area (Å²) in [6, 6.07) is 7.98. The van der Waals surface area contributed by atoms with E-state index < -0.39 is 11.9 Å². The van der Waals surface area contributed by atoms with Crippen molar-refractivity contribution in [3.63, 3.8) is 0 Å². The molecule has 4 N–H and O–H groups in total. The lowest BCUT2D eigenvalue weighted by Gasteiger charge is -2.34. The molecule has 0 saturated carbocycles. The van der Waals surface area contributed by atoms with Crippen LogP contribution in [0.4, 0.5) is 15.9 Å². The van der Waals surface area contributed by atoms with Crippen molar-refractivity contribution in [3.8, 4) is 5.75 Å². The summed E-state index contributed by atoms with van der Waals surface area (Å²) >= 11 is 5.90. The SMILES string of the molecule is COc1cc2ncnc(Nc3cccc(Cl)c3F)c2cc1CN1CCNCC1C(N)=O. The van der Waals surface area contributed by atoms with E-state index in [4.69, 9.17) is 22.1 Å². The molecule has 0 radical (unpaired) electrons. The van der Waals surface area contributed by atoms with Gasteiger partial charge < -0.3 is 21.1 Å². The van der Waals surface area contributed by atoms with Crippen molar-refractivity contribution in [3.05, 3.63) is 53.1 Å². The third kappa shape index (κ3) is 4.39. The lowest BCUT2D eigenvalue weighted by atomic mass is 10.1. The molecule has 0 aliphatic carbocycles. The monoisotopic (exact) mass is 444 g/mol. The number of carbonyl (C=O) groups is 1. The third-order valence-electron chi connectivity index (χ3n) is 5.30. The maximum absolute atomic E-state index is 14.4. The largest absolute Gasteiger partial charge is 0.496 e. The minimum atomic E-state index is -0.560. The highest BCUT2D eigenvalue weighted by atomic mass is 35.5. The zero-order valence-corrected chi connectivity index (χ0v) is 17.6. The molecule has 1 atom stereocenters. The number of aromatic nitrogens is 2. The van der Waals surface area contributed by atoms with E-state index in [0.29, 0.717) is 42.1 Å². The van der Waals surface area contributed by atoms with Gasteiger partial charge in [0.1, 0.15) is 23.9 Å². The average Bonchev–Trinajstić information content (AvgIpc) is 2.77. The van der Waals surface area contributed by atoms with Crippen LogP contribution in [0.5, 0.6) is 5.75 Å². The summed E-state index contributed by atoms with van der Waals surface area (Å²) < 4.78 is 20.0. The molecule has 1 aliphatic heterocycles. The second-order valence-electron chi connectivity index (χ2n) is 7.22. The van der Waals surface area contributed by atoms with Crippen molar-refractivity contribution in [1.29, 1.82) is 0 Å². The lowest BCUT2D eigenvalue weighted by molar-refractivity contribution is -0.124. The van der Waals surface area contributed by atoms with Gasteiger partial charge in [0.2, 0.25) is 5.91 Å². The van der Waals surface area contributed by atoms with E-state index in [9.17, 15) is 9.18 Å². The van der Waals surface area contributed by atoms with E-state index in [2.05, 4.69) is 20.6 Å². The van der Waals surface area contributed by atoms with Gasteiger partial charge in [-0.05, 0) is 18.2 Å². The van der Waals surface area contributed by atoms with Crippen LogP contribution in [0.1, 0.15) is 5.56 Å². The second kappa shape index (κ2) is 9.01. The van der Waals surface area contributed by atoms with E-state index in [-0.39, 0.29) is 16.6 Å². The summed E-state index contributed by atoms with van der Waals surface area (Å²) in [6.45, 7) is 2.37. The number of halogens is 2. The molecule has 4 rings (SSSR count). The first kappa shape index (κ1) is 21.2. The van der Waals surface area contributed by atoms with Crippen LogP contribution in [0.25, 0.3) is 10.9 Å². The predicted molar refractivity (Wildman–Crippen MR) is 117 cm³/mol. The van der Waals surface area contributed by atoms with Gasteiger partial charge in [-0.2, -0.15) is 0 Å². The average molecular weight is 445 g/mol. The first-order valence-corrected chi connectivity index (χ1v) is 10.1. The molecule has 2 aromatic carbocycles. The number of amides is 1. The molecule has 1 unspecified atom stereocenters. The molecule has 31 heavy (non-hydrogen) atoms. The zero-order chi connectivity index (χ0) is 22.0. The first-order chi connectivity index (χ1) is 15.0. The highest BCUT2D eigenvalue weighted by Gasteiger charge is 2.27. The van der Waals surface area contributed by atoms with Crippen LogP contribution in [0.2, 0.25) is 5.02 Å². The predicted octanol–water partition coefficient (Wildman–Crippen LogP) is 2.43. The molecule has 1 amide bonds. The fourth-order valence-corrected chi connectivity index (χ4v) is 3.88. The Morgan fingerprint density at radius 3 is 3.03 bits per heavy atom. The van der Waals surface area contributed by atoms with Crippen LogP contribution in [0.3, 0.4) is 0 Å². The molecule has 1 fully saturated rings. The van der Waals surface area contributed by atoms with Crippen LogP contribution >= 0.6 is 11.6 Å². The van der Waals surface area contributed by atoms with Crippen molar-refractivity contribution >= 4 is 39.9 Å². The fraction of sp³-hybridized carbons (Fsp3) is 0.286. The van der Waals surface area contributed by atoms with Gasteiger partial charge in [-0.15, -0.1) is 0 Å². The lowest BCUT2D eigenvalue weighted by Crippen LogP contribution is -2.56. The number of nitrogens with one attached hydrogen (secondary N) is 2. The maximum Gasteiger partial charge on any atom is 0.236 e. The summed E-state index contributed by atoms with van der Waals surface area (Å²) in [5, 5.41) is 6.89. The molecule has 0 bridgehead atoms. The Morgan fingerprint density at radius 1 is 1.42 bits per heavy atom. The number of nitrogens with two attached hydrogens (primary N) is 1. The van der Waals surface area contributed by atoms with E-state index in [0.717, 1.165) is 12.1 Å². The molecular weight excluding hydrogens is 423 g/mol. The number of hydrogen-bond donors (Lipinski definition) is 3. The van der Waals surface area contributed by atoms with Gasteiger partial charge >= 0.3 is 0 Å². The van der Waals surface area contributed by atoms with Gasteiger partial charge in [-0.3, -0.25) is 9.69 Å². The van der Waals surface area contributed by atoms with Crippen molar-refractivity contribution in [1.82, 2.24) is 20.2 Å². The Morgan fingerprint density at radius 2 is 2.26 bits per heavy atom. The van der Waals surface area contributed by atoms with Crippen molar-refractivity contribution in [2.24, 2.45) is 5.73 Å². The number of carbonyl (C=O) groups excluding carboxylic acids is 1. The number of fused-ring (bicyclic) bond motifs is 1. The fourth-order valence-electron chi connectivity index (χ4n) is 3.70. The van der Waals surface area contributed by atoms with E-state index in [1.54, 1.807) is 25.3 Å². The second-order valence-corrected chi connectivity index (χ2v) is 7.63. The van der Waals surface area contributed by atoms with Crippen molar-refractivity contribution in [2.45, 2.75) is 12.6 Å². The van der Waals surface area contributed by atoms with Gasteiger partial charge in [0.05, 0.1) is 23.3 Å². The van der Waals surface area contributed by atoms with Crippen LogP contribution < -0.4 is 21.1 Å². The highest BCUT2D eigenvalue weighted by molar-refractivity contribution is 6.31. The number of primary amides is 1. The number of ether oxygens (including phenoxy) is 1. The van der Waals surface area contributed by atoms with Crippen molar-refractivity contribution in [2.75, 3.05) is 32.1 Å². The number of nitrogens with zero attached hydrogens (tertiary/aromatic N) is 3. The molecule has 162 valence electrons. The number of benzene rings is 2. The number of rotatable bonds is 6. The Hall–Kier alpha value is -3.01. The molecule has 1 aromatic heterocycles. The minimum absolute atomic E-state index is 0.0157. The molecule has 0 spiro atoms. The highest BCUT2D eigenvalue weighted by Crippen LogP contribution is 2.32. The molecule has 1 aliphatic rings. The Labute approximate surface area is 183 Å². The Bertz CT molecular complexity index is 1130.